The summed E-state index contributed by atoms with van der Waals surface area (Å²) >= 11 is 5.76. The Morgan fingerprint density at radius 3 is 2.50 bits per heavy atom. The lowest BCUT2D eigenvalue weighted by Gasteiger charge is -2.12. The number of halogens is 4. The van der Waals surface area contributed by atoms with Crippen LogP contribution in [-0.4, -0.2) is 16.0 Å². The number of nitrogens with one attached hydrogen (secondary N) is 1. The van der Waals surface area contributed by atoms with Gasteiger partial charge in [-0.25, -0.2) is 4.98 Å². The molecule has 2 rings (SSSR count). The first-order chi connectivity index (χ1) is 12.0. The Balaban J connectivity index is 1.87. The number of carbonyl (C=O) groups excluding carboxylic acids is 1. The van der Waals surface area contributed by atoms with Crippen LogP contribution in [0.1, 0.15) is 50.6 Å². The lowest BCUT2D eigenvalue weighted by molar-refractivity contribution is -0.137. The van der Waals surface area contributed by atoms with Crippen molar-refractivity contribution in [3.8, 4) is 0 Å². The van der Waals surface area contributed by atoms with E-state index < -0.39 is 17.6 Å². The molecule has 0 aromatic carbocycles. The van der Waals surface area contributed by atoms with Crippen LogP contribution >= 0.6 is 11.6 Å². The molecule has 0 bridgehead atoms. The summed E-state index contributed by atoms with van der Waals surface area (Å²) in [7, 11) is 0. The molecule has 0 aliphatic heterocycles. The molecule has 0 saturated carbocycles. The minimum Gasteiger partial charge on any atom is -0.361 e. The van der Waals surface area contributed by atoms with Crippen molar-refractivity contribution in [1.82, 2.24) is 10.1 Å². The summed E-state index contributed by atoms with van der Waals surface area (Å²) in [6, 6.07) is 2.58. The second-order valence-corrected chi connectivity index (χ2v) is 7.29. The molecule has 2 aromatic rings. The molecule has 26 heavy (non-hydrogen) atoms. The summed E-state index contributed by atoms with van der Waals surface area (Å²) in [4.78, 5) is 15.5. The summed E-state index contributed by atoms with van der Waals surface area (Å²) < 4.78 is 43.0. The number of pyridine rings is 1. The van der Waals surface area contributed by atoms with E-state index >= 15 is 0 Å². The zero-order valence-corrected chi connectivity index (χ0v) is 15.3. The van der Waals surface area contributed by atoms with Gasteiger partial charge in [-0.2, -0.15) is 13.2 Å². The van der Waals surface area contributed by atoms with Crippen LogP contribution in [0.4, 0.5) is 19.0 Å². The van der Waals surface area contributed by atoms with E-state index in [0.717, 1.165) is 17.5 Å². The molecule has 2 aromatic heterocycles. The molecule has 1 amide bonds. The smallest absolute Gasteiger partial charge is 0.361 e. The van der Waals surface area contributed by atoms with Crippen LogP contribution in [0, 0.1) is 0 Å². The van der Waals surface area contributed by atoms with E-state index in [-0.39, 0.29) is 22.7 Å². The number of aromatic nitrogens is 2. The SMILES string of the molecule is CC(C)(C)c1cc(CCCC(=O)Nc2ncc(C(F)(F)F)cc2Cl)no1. The van der Waals surface area contributed by atoms with Crippen molar-refractivity contribution in [3.05, 3.63) is 40.4 Å². The van der Waals surface area contributed by atoms with Crippen LogP contribution < -0.4 is 5.32 Å². The summed E-state index contributed by atoms with van der Waals surface area (Å²) in [5.41, 5.74) is -0.372. The number of hydrogen-bond acceptors (Lipinski definition) is 4. The fourth-order valence-electron chi connectivity index (χ4n) is 2.09. The normalized spacial score (nSPS) is 12.3. The summed E-state index contributed by atoms with van der Waals surface area (Å²) in [6.07, 6.45) is -2.72. The van der Waals surface area contributed by atoms with Gasteiger partial charge in [0, 0.05) is 24.1 Å². The van der Waals surface area contributed by atoms with Crippen LogP contribution in [0.2, 0.25) is 5.02 Å². The third-order valence-electron chi connectivity index (χ3n) is 3.56. The first-order valence-electron chi connectivity index (χ1n) is 7.95. The summed E-state index contributed by atoms with van der Waals surface area (Å²) in [5, 5.41) is 6.11. The monoisotopic (exact) mass is 389 g/mol. The Morgan fingerprint density at radius 1 is 1.27 bits per heavy atom. The van der Waals surface area contributed by atoms with E-state index in [1.807, 2.05) is 26.8 Å². The first kappa shape index (κ1) is 20.2. The van der Waals surface area contributed by atoms with Crippen LogP contribution in [0.15, 0.2) is 22.9 Å². The van der Waals surface area contributed by atoms with Crippen molar-refractivity contribution in [1.29, 1.82) is 0 Å². The molecule has 0 aliphatic rings. The Labute approximate surface area is 153 Å². The minimum atomic E-state index is -4.54. The molecule has 0 aliphatic carbocycles. The van der Waals surface area contributed by atoms with Gasteiger partial charge in [-0.1, -0.05) is 37.5 Å². The van der Waals surface area contributed by atoms with Gasteiger partial charge in [-0.3, -0.25) is 4.79 Å². The second-order valence-electron chi connectivity index (χ2n) is 6.89. The highest BCUT2D eigenvalue weighted by Gasteiger charge is 2.31. The van der Waals surface area contributed by atoms with Crippen molar-refractivity contribution in [2.75, 3.05) is 5.32 Å². The van der Waals surface area contributed by atoms with Gasteiger partial charge in [-0.15, -0.1) is 0 Å². The number of rotatable bonds is 5. The van der Waals surface area contributed by atoms with Gasteiger partial charge in [0.2, 0.25) is 5.91 Å². The van der Waals surface area contributed by atoms with Gasteiger partial charge >= 0.3 is 6.18 Å². The average molecular weight is 390 g/mol. The standard InChI is InChI=1S/C17H19ClF3N3O2/c1-16(2,3)13-8-11(24-26-13)5-4-6-14(25)23-15-12(18)7-10(9-22-15)17(19,20)21/h7-9H,4-6H2,1-3H3,(H,22,23,25). The number of amides is 1. The average Bonchev–Trinajstić information content (AvgIpc) is 2.97. The van der Waals surface area contributed by atoms with Crippen LogP contribution in [0.25, 0.3) is 0 Å². The molecule has 0 atom stereocenters. The maximum absolute atomic E-state index is 12.6. The number of hydrogen-bond donors (Lipinski definition) is 1. The highest BCUT2D eigenvalue weighted by Crippen LogP contribution is 2.32. The fourth-order valence-corrected chi connectivity index (χ4v) is 2.31. The van der Waals surface area contributed by atoms with E-state index in [9.17, 15) is 18.0 Å². The quantitative estimate of drug-likeness (QED) is 0.781. The van der Waals surface area contributed by atoms with Crippen molar-refractivity contribution in [2.45, 2.75) is 51.6 Å². The van der Waals surface area contributed by atoms with Gasteiger partial charge in [-0.05, 0) is 18.9 Å². The van der Waals surface area contributed by atoms with Gasteiger partial charge < -0.3 is 9.84 Å². The molecule has 0 saturated heterocycles. The van der Waals surface area contributed by atoms with E-state index in [0.29, 0.717) is 19.0 Å². The topological polar surface area (TPSA) is 68.0 Å². The Hall–Kier alpha value is -2.09. The van der Waals surface area contributed by atoms with Crippen molar-refractivity contribution >= 4 is 23.3 Å². The van der Waals surface area contributed by atoms with Gasteiger partial charge in [0.15, 0.2) is 5.82 Å². The number of aryl methyl sites for hydroxylation is 1. The maximum atomic E-state index is 12.6. The molecular weight excluding hydrogens is 371 g/mol. The molecule has 142 valence electrons. The van der Waals surface area contributed by atoms with Crippen molar-refractivity contribution < 1.29 is 22.5 Å². The van der Waals surface area contributed by atoms with E-state index in [1.165, 1.54) is 0 Å². The predicted octanol–water partition coefficient (Wildman–Crippen LogP) is 5.00. The highest BCUT2D eigenvalue weighted by atomic mass is 35.5. The number of carbonyl (C=O) groups is 1. The lowest BCUT2D eigenvalue weighted by atomic mass is 9.93. The molecule has 0 fully saturated rings. The largest absolute Gasteiger partial charge is 0.417 e. The zero-order valence-electron chi connectivity index (χ0n) is 14.6. The molecular formula is C17H19ClF3N3O2. The predicted molar refractivity (Wildman–Crippen MR) is 91.0 cm³/mol. The summed E-state index contributed by atoms with van der Waals surface area (Å²) in [5.74, 6) is 0.275. The van der Waals surface area contributed by atoms with E-state index in [4.69, 9.17) is 16.1 Å². The van der Waals surface area contributed by atoms with Crippen LogP contribution in [0.3, 0.4) is 0 Å². The second kappa shape index (κ2) is 7.65. The number of alkyl halides is 3. The molecule has 9 heteroatoms. The van der Waals surface area contributed by atoms with Crippen LogP contribution in [0.5, 0.6) is 0 Å². The molecule has 1 N–H and O–H groups in total. The van der Waals surface area contributed by atoms with Crippen molar-refractivity contribution in [2.24, 2.45) is 0 Å². The van der Waals surface area contributed by atoms with E-state index in [2.05, 4.69) is 15.5 Å². The Kier molecular flexibility index (Phi) is 5.95. The lowest BCUT2D eigenvalue weighted by Crippen LogP contribution is -2.14. The highest BCUT2D eigenvalue weighted by molar-refractivity contribution is 6.33. The van der Waals surface area contributed by atoms with Gasteiger partial charge in [0.1, 0.15) is 5.76 Å². The molecule has 0 radical (unpaired) electrons. The molecule has 2 heterocycles. The molecule has 0 spiro atoms. The number of nitrogens with zero attached hydrogens (tertiary/aromatic N) is 2. The first-order valence-corrected chi connectivity index (χ1v) is 8.33. The van der Waals surface area contributed by atoms with Gasteiger partial charge in [0.25, 0.3) is 0 Å². The fraction of sp³-hybridized carbons (Fsp3) is 0.471. The minimum absolute atomic E-state index is 0.0962. The number of anilines is 1. The third kappa shape index (κ3) is 5.45. The van der Waals surface area contributed by atoms with Crippen molar-refractivity contribution in [3.63, 3.8) is 0 Å². The zero-order chi connectivity index (χ0) is 19.5. The Bertz CT molecular complexity index is 782. The maximum Gasteiger partial charge on any atom is 0.417 e. The summed E-state index contributed by atoms with van der Waals surface area (Å²) in [6.45, 7) is 6.02. The third-order valence-corrected chi connectivity index (χ3v) is 3.85. The van der Waals surface area contributed by atoms with Gasteiger partial charge in [0.05, 0.1) is 16.3 Å². The Morgan fingerprint density at radius 2 is 1.96 bits per heavy atom. The van der Waals surface area contributed by atoms with Crippen LogP contribution in [-0.2, 0) is 22.8 Å². The van der Waals surface area contributed by atoms with E-state index in [1.54, 1.807) is 0 Å². The molecule has 0 unspecified atom stereocenters. The molecule has 5 nitrogen and oxygen atoms in total.